The van der Waals surface area contributed by atoms with Crippen LogP contribution in [0.2, 0.25) is 0 Å². The predicted molar refractivity (Wildman–Crippen MR) is 91.0 cm³/mol. The SMILES string of the molecule is CN(C(=O)C(=O)N1CCN(C(=O)c2ccco2)CC1)c1ccccc1. The topological polar surface area (TPSA) is 74.1 Å². The molecule has 0 spiro atoms. The van der Waals surface area contributed by atoms with Crippen LogP contribution >= 0.6 is 0 Å². The van der Waals surface area contributed by atoms with Crippen LogP contribution in [0, 0.1) is 0 Å². The molecular formula is C18H19N3O4. The van der Waals surface area contributed by atoms with Crippen molar-refractivity contribution in [3.8, 4) is 0 Å². The van der Waals surface area contributed by atoms with Crippen LogP contribution in [0.3, 0.4) is 0 Å². The van der Waals surface area contributed by atoms with E-state index in [1.54, 1.807) is 36.2 Å². The Morgan fingerprint density at radius 3 is 2.16 bits per heavy atom. The third kappa shape index (κ3) is 3.55. The molecule has 1 fully saturated rings. The smallest absolute Gasteiger partial charge is 0.316 e. The molecule has 0 saturated carbocycles. The van der Waals surface area contributed by atoms with Gasteiger partial charge in [-0.25, -0.2) is 0 Å². The summed E-state index contributed by atoms with van der Waals surface area (Å²) in [5, 5.41) is 0. The lowest BCUT2D eigenvalue weighted by Gasteiger charge is -2.34. The van der Waals surface area contributed by atoms with Gasteiger partial charge in [-0.2, -0.15) is 0 Å². The molecule has 7 nitrogen and oxygen atoms in total. The highest BCUT2D eigenvalue weighted by molar-refractivity contribution is 6.40. The third-order valence-electron chi connectivity index (χ3n) is 4.22. The summed E-state index contributed by atoms with van der Waals surface area (Å²) in [6.07, 6.45) is 1.45. The summed E-state index contributed by atoms with van der Waals surface area (Å²) in [4.78, 5) is 41.5. The highest BCUT2D eigenvalue weighted by atomic mass is 16.3. The number of benzene rings is 1. The van der Waals surface area contributed by atoms with Gasteiger partial charge in [-0.3, -0.25) is 14.4 Å². The number of carbonyl (C=O) groups excluding carboxylic acids is 3. The van der Waals surface area contributed by atoms with E-state index in [1.165, 1.54) is 16.1 Å². The molecule has 0 bridgehead atoms. The predicted octanol–water partition coefficient (Wildman–Crippen LogP) is 1.23. The van der Waals surface area contributed by atoms with E-state index in [0.717, 1.165) is 0 Å². The molecule has 2 aromatic rings. The van der Waals surface area contributed by atoms with Crippen molar-refractivity contribution in [2.24, 2.45) is 0 Å². The molecule has 3 amide bonds. The number of para-hydroxylation sites is 1. The lowest BCUT2D eigenvalue weighted by molar-refractivity contribution is -0.145. The maximum Gasteiger partial charge on any atom is 0.316 e. The molecule has 25 heavy (non-hydrogen) atoms. The molecule has 0 radical (unpaired) electrons. The molecule has 0 aliphatic carbocycles. The van der Waals surface area contributed by atoms with Gasteiger partial charge in [-0.1, -0.05) is 18.2 Å². The van der Waals surface area contributed by atoms with Crippen LogP contribution in [0.15, 0.2) is 53.1 Å². The highest BCUT2D eigenvalue weighted by Gasteiger charge is 2.30. The average molecular weight is 341 g/mol. The minimum absolute atomic E-state index is 0.204. The van der Waals surface area contributed by atoms with E-state index >= 15 is 0 Å². The number of hydrogen-bond acceptors (Lipinski definition) is 4. The van der Waals surface area contributed by atoms with Crippen LogP contribution in [0.1, 0.15) is 10.6 Å². The number of piperazine rings is 1. The Kier molecular flexibility index (Phi) is 4.83. The van der Waals surface area contributed by atoms with E-state index in [9.17, 15) is 14.4 Å². The summed E-state index contributed by atoms with van der Waals surface area (Å²) in [7, 11) is 1.58. The van der Waals surface area contributed by atoms with Gasteiger partial charge in [-0.15, -0.1) is 0 Å². The van der Waals surface area contributed by atoms with Gasteiger partial charge in [-0.05, 0) is 24.3 Å². The quantitative estimate of drug-likeness (QED) is 0.770. The fraction of sp³-hybridized carbons (Fsp3) is 0.278. The largest absolute Gasteiger partial charge is 0.459 e. The van der Waals surface area contributed by atoms with Gasteiger partial charge >= 0.3 is 11.8 Å². The van der Waals surface area contributed by atoms with Gasteiger partial charge in [0.1, 0.15) is 0 Å². The monoisotopic (exact) mass is 341 g/mol. The zero-order chi connectivity index (χ0) is 17.8. The summed E-state index contributed by atoms with van der Waals surface area (Å²) in [5.74, 6) is -1.07. The first-order valence-electron chi connectivity index (χ1n) is 8.02. The molecule has 3 rings (SSSR count). The van der Waals surface area contributed by atoms with Gasteiger partial charge < -0.3 is 19.1 Å². The molecule has 1 aromatic heterocycles. The summed E-state index contributed by atoms with van der Waals surface area (Å²) in [6.45, 7) is 1.38. The minimum atomic E-state index is -0.586. The molecule has 0 N–H and O–H groups in total. The molecule has 0 unspecified atom stereocenters. The first-order chi connectivity index (χ1) is 12.1. The molecule has 7 heteroatoms. The van der Waals surface area contributed by atoms with Crippen molar-refractivity contribution in [1.82, 2.24) is 9.80 Å². The number of furan rings is 1. The maximum absolute atomic E-state index is 12.4. The lowest BCUT2D eigenvalue weighted by atomic mass is 10.2. The van der Waals surface area contributed by atoms with E-state index in [2.05, 4.69) is 0 Å². The number of likely N-dealkylation sites (N-methyl/N-ethyl adjacent to an activating group) is 1. The lowest BCUT2D eigenvalue weighted by Crippen LogP contribution is -2.54. The molecule has 1 saturated heterocycles. The van der Waals surface area contributed by atoms with Gasteiger partial charge in [0.05, 0.1) is 6.26 Å². The van der Waals surface area contributed by atoms with Crippen molar-refractivity contribution in [3.63, 3.8) is 0 Å². The number of amides is 3. The van der Waals surface area contributed by atoms with Crippen LogP contribution in [-0.2, 0) is 9.59 Å². The third-order valence-corrected chi connectivity index (χ3v) is 4.22. The van der Waals surface area contributed by atoms with Gasteiger partial charge in [0.15, 0.2) is 5.76 Å². The molecule has 2 heterocycles. The van der Waals surface area contributed by atoms with Crippen molar-refractivity contribution in [3.05, 3.63) is 54.5 Å². The van der Waals surface area contributed by atoms with E-state index in [0.29, 0.717) is 31.9 Å². The minimum Gasteiger partial charge on any atom is -0.459 e. The first-order valence-corrected chi connectivity index (χ1v) is 8.02. The van der Waals surface area contributed by atoms with Gasteiger partial charge in [0.2, 0.25) is 0 Å². The van der Waals surface area contributed by atoms with Crippen molar-refractivity contribution in [1.29, 1.82) is 0 Å². The Morgan fingerprint density at radius 2 is 1.56 bits per heavy atom. The van der Waals surface area contributed by atoms with Gasteiger partial charge in [0.25, 0.3) is 5.91 Å². The van der Waals surface area contributed by atoms with E-state index in [1.807, 2.05) is 18.2 Å². The summed E-state index contributed by atoms with van der Waals surface area (Å²) < 4.78 is 5.11. The molecular weight excluding hydrogens is 322 g/mol. The fourth-order valence-corrected chi connectivity index (χ4v) is 2.72. The van der Waals surface area contributed by atoms with Crippen molar-refractivity contribution >= 4 is 23.4 Å². The Labute approximate surface area is 145 Å². The number of rotatable bonds is 2. The zero-order valence-electron chi connectivity index (χ0n) is 13.9. The second-order valence-corrected chi connectivity index (χ2v) is 5.76. The maximum atomic E-state index is 12.4. The molecule has 130 valence electrons. The Morgan fingerprint density at radius 1 is 0.920 bits per heavy atom. The molecule has 1 aliphatic rings. The number of nitrogens with zero attached hydrogens (tertiary/aromatic N) is 3. The van der Waals surface area contributed by atoms with Crippen LogP contribution in [0.4, 0.5) is 5.69 Å². The Hall–Kier alpha value is -3.09. The van der Waals surface area contributed by atoms with Crippen LogP contribution in [0.5, 0.6) is 0 Å². The number of hydrogen-bond donors (Lipinski definition) is 0. The van der Waals surface area contributed by atoms with Gasteiger partial charge in [0, 0.05) is 38.9 Å². The Balaban J connectivity index is 1.58. The van der Waals surface area contributed by atoms with E-state index in [4.69, 9.17) is 4.42 Å². The van der Waals surface area contributed by atoms with Crippen LogP contribution in [0.25, 0.3) is 0 Å². The fourth-order valence-electron chi connectivity index (χ4n) is 2.72. The van der Waals surface area contributed by atoms with Crippen molar-refractivity contribution in [2.75, 3.05) is 38.1 Å². The van der Waals surface area contributed by atoms with E-state index < -0.39 is 11.8 Å². The molecule has 0 atom stereocenters. The second kappa shape index (κ2) is 7.21. The first kappa shape index (κ1) is 16.8. The number of carbonyl (C=O) groups is 3. The molecule has 1 aromatic carbocycles. The standard InChI is InChI=1S/C18H19N3O4/c1-19(14-6-3-2-4-7-14)17(23)18(24)21-11-9-20(10-12-21)16(22)15-8-5-13-25-15/h2-8,13H,9-12H2,1H3. The summed E-state index contributed by atoms with van der Waals surface area (Å²) >= 11 is 0. The van der Waals surface area contributed by atoms with Crippen molar-refractivity contribution < 1.29 is 18.8 Å². The Bertz CT molecular complexity index is 750. The summed E-state index contributed by atoms with van der Waals surface area (Å²) in [5.41, 5.74) is 0.660. The highest BCUT2D eigenvalue weighted by Crippen LogP contribution is 2.14. The van der Waals surface area contributed by atoms with Crippen LogP contribution < -0.4 is 4.90 Å². The number of anilines is 1. The summed E-state index contributed by atoms with van der Waals surface area (Å²) in [6, 6.07) is 12.3. The zero-order valence-corrected chi connectivity index (χ0v) is 13.9. The normalized spacial score (nSPS) is 14.3. The average Bonchev–Trinajstić information content (AvgIpc) is 3.21. The van der Waals surface area contributed by atoms with Crippen molar-refractivity contribution in [2.45, 2.75) is 0 Å². The van der Waals surface area contributed by atoms with Crippen LogP contribution in [-0.4, -0.2) is 60.7 Å². The second-order valence-electron chi connectivity index (χ2n) is 5.76. The van der Waals surface area contributed by atoms with E-state index in [-0.39, 0.29) is 11.7 Å². The molecule has 1 aliphatic heterocycles.